The van der Waals surface area contributed by atoms with Gasteiger partial charge in [-0.15, -0.1) is 0 Å². The predicted octanol–water partition coefficient (Wildman–Crippen LogP) is 0.211. The predicted molar refractivity (Wildman–Crippen MR) is 105 cm³/mol. The quantitative estimate of drug-likeness (QED) is 0.599. The molecule has 2 aliphatic rings. The van der Waals surface area contributed by atoms with E-state index < -0.39 is 42.2 Å². The Hall–Kier alpha value is -1.52. The molecule has 2 aliphatic heterocycles. The van der Waals surface area contributed by atoms with E-state index in [1.165, 1.54) is 7.11 Å². The van der Waals surface area contributed by atoms with Gasteiger partial charge in [-0.2, -0.15) is 0 Å². The Labute approximate surface area is 172 Å². The fraction of sp³-hybridized carbons (Fsp3) is 0.800. The highest BCUT2D eigenvalue weighted by molar-refractivity contribution is 5.89. The van der Waals surface area contributed by atoms with E-state index in [1.807, 2.05) is 6.92 Å². The summed E-state index contributed by atoms with van der Waals surface area (Å²) in [6, 6.07) is -0.693. The molecule has 0 spiro atoms. The second-order valence-corrected chi connectivity index (χ2v) is 7.95. The lowest BCUT2D eigenvalue weighted by atomic mass is 9.98. The van der Waals surface area contributed by atoms with Crippen LogP contribution in [0.5, 0.6) is 0 Å². The minimum Gasteiger partial charge on any atom is -0.387 e. The zero-order valence-corrected chi connectivity index (χ0v) is 18.1. The first-order valence-electron chi connectivity index (χ1n) is 9.91. The van der Waals surface area contributed by atoms with Gasteiger partial charge in [-0.05, 0) is 33.6 Å². The van der Waals surface area contributed by atoms with E-state index in [2.05, 4.69) is 5.32 Å². The number of hydrogen-bond acceptors (Lipinski definition) is 7. The van der Waals surface area contributed by atoms with Gasteiger partial charge in [0, 0.05) is 27.8 Å². The molecule has 0 radical (unpaired) electrons. The number of amides is 2. The molecule has 0 aromatic heterocycles. The third kappa shape index (κ3) is 5.76. The molecule has 6 atom stereocenters. The van der Waals surface area contributed by atoms with Crippen LogP contribution >= 0.6 is 0 Å². The van der Waals surface area contributed by atoms with E-state index in [9.17, 15) is 14.7 Å². The lowest BCUT2D eigenvalue weighted by molar-refractivity contribution is -0.334. The van der Waals surface area contributed by atoms with Crippen LogP contribution in [0.15, 0.2) is 12.2 Å². The maximum Gasteiger partial charge on any atom is 0.252 e. The minimum atomic E-state index is -1.11. The molecule has 2 heterocycles. The molecule has 0 aromatic carbocycles. The molecular formula is C20H34N2O7. The van der Waals surface area contributed by atoms with E-state index in [0.717, 1.165) is 0 Å². The maximum atomic E-state index is 13.0. The normalized spacial score (nSPS) is 34.1. The van der Waals surface area contributed by atoms with Crippen LogP contribution in [0.25, 0.3) is 0 Å². The number of nitrogens with one attached hydrogen (secondary N) is 1. The third-order valence-corrected chi connectivity index (χ3v) is 5.28. The van der Waals surface area contributed by atoms with Gasteiger partial charge in [0.1, 0.15) is 24.4 Å². The van der Waals surface area contributed by atoms with E-state index >= 15 is 0 Å². The Morgan fingerprint density at radius 2 is 2.03 bits per heavy atom. The molecule has 2 fully saturated rings. The van der Waals surface area contributed by atoms with Crippen LogP contribution in [-0.4, -0.2) is 92.0 Å². The van der Waals surface area contributed by atoms with Gasteiger partial charge in [0.15, 0.2) is 11.9 Å². The van der Waals surface area contributed by atoms with Gasteiger partial charge in [-0.3, -0.25) is 9.59 Å². The van der Waals surface area contributed by atoms with Crippen LogP contribution in [0.2, 0.25) is 0 Å². The molecule has 2 rings (SSSR count). The summed E-state index contributed by atoms with van der Waals surface area (Å²) in [4.78, 5) is 27.2. The third-order valence-electron chi connectivity index (χ3n) is 5.28. The summed E-state index contributed by atoms with van der Waals surface area (Å²) in [7, 11) is 4.66. The summed E-state index contributed by atoms with van der Waals surface area (Å²) in [5.41, 5.74) is 0. The number of carbonyl (C=O) groups excluding carboxylic acids is 2. The number of likely N-dealkylation sites (N-methyl/N-ethyl adjacent to an activating group) is 1. The van der Waals surface area contributed by atoms with Crippen LogP contribution in [0.3, 0.4) is 0 Å². The van der Waals surface area contributed by atoms with Gasteiger partial charge in [-0.25, -0.2) is 0 Å². The summed E-state index contributed by atoms with van der Waals surface area (Å²) in [6.45, 7) is 5.70. The maximum absolute atomic E-state index is 13.0. The first-order valence-corrected chi connectivity index (χ1v) is 9.91. The van der Waals surface area contributed by atoms with Crippen LogP contribution in [0, 0.1) is 0 Å². The van der Waals surface area contributed by atoms with Gasteiger partial charge in [0.25, 0.3) is 5.91 Å². The van der Waals surface area contributed by atoms with Gasteiger partial charge < -0.3 is 34.3 Å². The monoisotopic (exact) mass is 414 g/mol. The second-order valence-electron chi connectivity index (χ2n) is 7.95. The standard InChI is InChI=1S/C20H34N2O7/c1-7-8-14-15(23)16(29-20(2,3)28-14)17(27-6)18(24)21-13-10-9-12(26-5)11-22(4)19(13)25/h7-8,12-17,23H,9-11H2,1-6H3,(H,21,24)/b8-7+. The average molecular weight is 414 g/mol. The summed E-state index contributed by atoms with van der Waals surface area (Å²) in [5.74, 6) is -1.72. The molecular weight excluding hydrogens is 380 g/mol. The van der Waals surface area contributed by atoms with Gasteiger partial charge in [-0.1, -0.05) is 12.2 Å². The number of allylic oxidation sites excluding steroid dienone is 1. The highest BCUT2D eigenvalue weighted by Crippen LogP contribution is 2.30. The zero-order chi connectivity index (χ0) is 21.8. The van der Waals surface area contributed by atoms with Gasteiger partial charge in [0.05, 0.1) is 6.10 Å². The van der Waals surface area contributed by atoms with Crippen molar-refractivity contribution in [2.45, 2.75) is 76.0 Å². The fourth-order valence-corrected chi connectivity index (χ4v) is 3.79. The number of rotatable bonds is 6. The summed E-state index contributed by atoms with van der Waals surface area (Å²) < 4.78 is 22.3. The van der Waals surface area contributed by atoms with Gasteiger partial charge >= 0.3 is 0 Å². The molecule has 2 amide bonds. The van der Waals surface area contributed by atoms with Gasteiger partial charge in [0.2, 0.25) is 5.91 Å². The highest BCUT2D eigenvalue weighted by Gasteiger charge is 2.48. The molecule has 6 unspecified atom stereocenters. The van der Waals surface area contributed by atoms with Crippen molar-refractivity contribution in [3.8, 4) is 0 Å². The van der Waals surface area contributed by atoms with E-state index in [-0.39, 0.29) is 12.0 Å². The SMILES string of the molecule is C/C=C/C1OC(C)(C)OC(C(OC)C(=O)NC2CCC(OC)CN(C)C2=O)C1O. The molecule has 166 valence electrons. The molecule has 0 aliphatic carbocycles. The molecule has 2 saturated heterocycles. The smallest absolute Gasteiger partial charge is 0.252 e. The topological polar surface area (TPSA) is 107 Å². The molecule has 0 aromatic rings. The van der Waals surface area contributed by atoms with Crippen LogP contribution in [0.1, 0.15) is 33.6 Å². The number of hydrogen-bond donors (Lipinski definition) is 2. The van der Waals surface area contributed by atoms with E-state index in [0.29, 0.717) is 19.4 Å². The number of ether oxygens (including phenoxy) is 4. The van der Waals surface area contributed by atoms with E-state index in [4.69, 9.17) is 18.9 Å². The van der Waals surface area contributed by atoms with Crippen molar-refractivity contribution in [1.29, 1.82) is 0 Å². The Balaban J connectivity index is 2.15. The first kappa shape index (κ1) is 23.8. The van der Waals surface area contributed by atoms with Crippen LogP contribution in [0.4, 0.5) is 0 Å². The van der Waals surface area contributed by atoms with Crippen molar-refractivity contribution in [2.75, 3.05) is 27.8 Å². The number of aliphatic hydroxyl groups excluding tert-OH is 1. The van der Waals surface area contributed by atoms with Crippen LogP contribution < -0.4 is 5.32 Å². The van der Waals surface area contributed by atoms with Crippen molar-refractivity contribution in [3.63, 3.8) is 0 Å². The van der Waals surface area contributed by atoms with Crippen molar-refractivity contribution >= 4 is 11.8 Å². The number of nitrogens with zero attached hydrogens (tertiary/aromatic N) is 1. The molecule has 9 heteroatoms. The number of aliphatic hydroxyl groups is 1. The number of likely N-dealkylation sites (tertiary alicyclic amines) is 1. The van der Waals surface area contributed by atoms with Crippen molar-refractivity contribution in [3.05, 3.63) is 12.2 Å². The zero-order valence-electron chi connectivity index (χ0n) is 18.1. The van der Waals surface area contributed by atoms with Crippen molar-refractivity contribution in [2.24, 2.45) is 0 Å². The Bertz CT molecular complexity index is 610. The molecule has 29 heavy (non-hydrogen) atoms. The van der Waals surface area contributed by atoms with Crippen molar-refractivity contribution in [1.82, 2.24) is 10.2 Å². The lowest BCUT2D eigenvalue weighted by Gasteiger charge is -2.45. The largest absolute Gasteiger partial charge is 0.387 e. The Kier molecular flexibility index (Phi) is 8.18. The molecule has 0 bridgehead atoms. The Morgan fingerprint density at radius 3 is 2.62 bits per heavy atom. The van der Waals surface area contributed by atoms with Crippen molar-refractivity contribution < 1.29 is 33.6 Å². The Morgan fingerprint density at radius 1 is 1.34 bits per heavy atom. The first-order chi connectivity index (χ1) is 13.6. The fourth-order valence-electron chi connectivity index (χ4n) is 3.79. The van der Waals surface area contributed by atoms with Crippen LogP contribution in [-0.2, 0) is 28.5 Å². The lowest BCUT2D eigenvalue weighted by Crippen LogP contribution is -2.62. The minimum absolute atomic E-state index is 0.0767. The number of methoxy groups -OCH3 is 2. The second kappa shape index (κ2) is 9.99. The summed E-state index contributed by atoms with van der Waals surface area (Å²) >= 11 is 0. The number of carbonyl (C=O) groups is 2. The molecule has 2 N–H and O–H groups in total. The molecule has 0 saturated carbocycles. The molecule has 9 nitrogen and oxygen atoms in total. The van der Waals surface area contributed by atoms with E-state index in [1.54, 1.807) is 45.1 Å². The summed E-state index contributed by atoms with van der Waals surface area (Å²) in [5, 5.41) is 13.5. The highest BCUT2D eigenvalue weighted by atomic mass is 16.7. The summed E-state index contributed by atoms with van der Waals surface area (Å²) in [6.07, 6.45) is 0.660. The average Bonchev–Trinajstić information content (AvgIpc) is 2.79.